The molecule has 0 atom stereocenters. The summed E-state index contributed by atoms with van der Waals surface area (Å²) in [6.07, 6.45) is 1.75. The Morgan fingerprint density at radius 2 is 2.00 bits per heavy atom. The molecule has 124 valence electrons. The third-order valence-electron chi connectivity index (χ3n) is 2.73. The lowest BCUT2D eigenvalue weighted by Crippen LogP contribution is -2.14. The molecule has 3 N–H and O–H groups in total. The van der Waals surface area contributed by atoms with Crippen LogP contribution >= 0.6 is 24.2 Å². The number of nitrogens with one attached hydrogen (secondary N) is 1. The van der Waals surface area contributed by atoms with Gasteiger partial charge in [-0.3, -0.25) is 9.78 Å². The van der Waals surface area contributed by atoms with Crippen LogP contribution in [0.4, 0.5) is 5.69 Å². The highest BCUT2D eigenvalue weighted by molar-refractivity contribution is 7.99. The predicted octanol–water partition coefficient (Wildman–Crippen LogP) is 2.71. The monoisotopic (exact) mass is 353 g/mol. The molecule has 0 saturated carbocycles. The minimum Gasteiger partial charge on any atom is -0.492 e. The number of halogens is 1. The van der Waals surface area contributed by atoms with Gasteiger partial charge in [-0.15, -0.1) is 24.2 Å². The number of carbonyl (C=O) groups is 1. The summed E-state index contributed by atoms with van der Waals surface area (Å²) in [6.45, 7) is 0.960. The van der Waals surface area contributed by atoms with Gasteiger partial charge in [0.25, 0.3) is 0 Å². The maximum Gasteiger partial charge on any atom is 0.234 e. The molecule has 0 aliphatic rings. The summed E-state index contributed by atoms with van der Waals surface area (Å²) in [5.74, 6) is 1.83. The number of carbonyl (C=O) groups excluding carboxylic acids is 1. The molecule has 0 bridgehead atoms. The van der Waals surface area contributed by atoms with Crippen LogP contribution < -0.4 is 15.8 Å². The number of hydrogen-bond donors (Lipinski definition) is 2. The van der Waals surface area contributed by atoms with E-state index in [1.165, 1.54) is 11.8 Å². The lowest BCUT2D eigenvalue weighted by atomic mass is 10.3. The maximum atomic E-state index is 11.9. The molecule has 0 radical (unpaired) electrons. The fraction of sp³-hybridized carbons (Fsp3) is 0.250. The number of rotatable bonds is 8. The molecule has 7 heteroatoms. The molecule has 1 amide bonds. The number of anilines is 1. The molecule has 23 heavy (non-hydrogen) atoms. The first-order valence-electron chi connectivity index (χ1n) is 6.98. The quantitative estimate of drug-likeness (QED) is 0.763. The summed E-state index contributed by atoms with van der Waals surface area (Å²) < 4.78 is 5.38. The first kappa shape index (κ1) is 19.3. The number of thioether (sulfide) groups is 1. The SMILES string of the molecule is Cl.NCCOc1ccc(NC(=O)CSCc2ccccn2)cc1. The fourth-order valence-electron chi connectivity index (χ4n) is 1.74. The highest BCUT2D eigenvalue weighted by atomic mass is 35.5. The van der Waals surface area contributed by atoms with Gasteiger partial charge in [0, 0.05) is 24.2 Å². The number of benzene rings is 1. The summed E-state index contributed by atoms with van der Waals surface area (Å²) in [6, 6.07) is 13.0. The average molecular weight is 354 g/mol. The first-order chi connectivity index (χ1) is 10.8. The van der Waals surface area contributed by atoms with Gasteiger partial charge in [-0.25, -0.2) is 0 Å². The van der Waals surface area contributed by atoms with Gasteiger partial charge in [0.05, 0.1) is 11.4 Å². The van der Waals surface area contributed by atoms with E-state index in [-0.39, 0.29) is 18.3 Å². The Morgan fingerprint density at radius 1 is 1.22 bits per heavy atom. The molecule has 1 heterocycles. The van der Waals surface area contributed by atoms with Crippen molar-refractivity contribution in [2.24, 2.45) is 5.73 Å². The van der Waals surface area contributed by atoms with Crippen molar-refractivity contribution in [1.82, 2.24) is 4.98 Å². The zero-order valence-corrected chi connectivity index (χ0v) is 14.2. The summed E-state index contributed by atoms with van der Waals surface area (Å²) in [4.78, 5) is 16.1. The van der Waals surface area contributed by atoms with E-state index in [9.17, 15) is 4.79 Å². The molecule has 0 unspecified atom stereocenters. The molecule has 0 aliphatic heterocycles. The van der Waals surface area contributed by atoms with Crippen LogP contribution in [-0.4, -0.2) is 29.8 Å². The van der Waals surface area contributed by atoms with Gasteiger partial charge in [-0.05, 0) is 36.4 Å². The number of ether oxygens (including phenoxy) is 1. The molecule has 0 saturated heterocycles. The minimum atomic E-state index is -0.0310. The van der Waals surface area contributed by atoms with Crippen molar-refractivity contribution in [2.45, 2.75) is 5.75 Å². The van der Waals surface area contributed by atoms with E-state index in [1.54, 1.807) is 6.20 Å². The molecule has 1 aromatic heterocycles. The molecule has 2 aromatic rings. The second kappa shape index (κ2) is 10.9. The number of nitrogens with two attached hydrogens (primary N) is 1. The van der Waals surface area contributed by atoms with Crippen LogP contribution in [0.15, 0.2) is 48.7 Å². The Labute approximate surface area is 146 Å². The molecular weight excluding hydrogens is 334 g/mol. The number of aromatic nitrogens is 1. The normalized spacial score (nSPS) is 9.78. The predicted molar refractivity (Wildman–Crippen MR) is 97.3 cm³/mol. The van der Waals surface area contributed by atoms with Gasteiger partial charge in [-0.1, -0.05) is 6.07 Å². The van der Waals surface area contributed by atoms with E-state index in [0.717, 1.165) is 22.9 Å². The van der Waals surface area contributed by atoms with E-state index in [4.69, 9.17) is 10.5 Å². The van der Waals surface area contributed by atoms with E-state index in [1.807, 2.05) is 42.5 Å². The van der Waals surface area contributed by atoms with Gasteiger partial charge in [0.2, 0.25) is 5.91 Å². The van der Waals surface area contributed by atoms with E-state index in [2.05, 4.69) is 10.3 Å². The van der Waals surface area contributed by atoms with Crippen LogP contribution in [0.1, 0.15) is 5.69 Å². The topological polar surface area (TPSA) is 77.2 Å². The highest BCUT2D eigenvalue weighted by Crippen LogP contribution is 2.16. The molecule has 1 aromatic carbocycles. The van der Waals surface area contributed by atoms with Gasteiger partial charge >= 0.3 is 0 Å². The van der Waals surface area contributed by atoms with Gasteiger partial charge in [-0.2, -0.15) is 0 Å². The Hall–Kier alpha value is -1.76. The summed E-state index contributed by atoms with van der Waals surface area (Å²) >= 11 is 1.53. The summed E-state index contributed by atoms with van der Waals surface area (Å²) in [5, 5.41) is 2.85. The third kappa shape index (κ3) is 7.36. The van der Waals surface area contributed by atoms with E-state index >= 15 is 0 Å². The van der Waals surface area contributed by atoms with Crippen molar-refractivity contribution in [3.8, 4) is 5.75 Å². The van der Waals surface area contributed by atoms with Crippen LogP contribution in [-0.2, 0) is 10.5 Å². The van der Waals surface area contributed by atoms with E-state index < -0.39 is 0 Å². The first-order valence-corrected chi connectivity index (χ1v) is 8.14. The number of pyridine rings is 1. The Bertz CT molecular complexity index is 582. The van der Waals surface area contributed by atoms with Crippen LogP contribution in [0.25, 0.3) is 0 Å². The number of nitrogens with zero attached hydrogens (tertiary/aromatic N) is 1. The van der Waals surface area contributed by atoms with Crippen molar-refractivity contribution in [3.63, 3.8) is 0 Å². The number of hydrogen-bond acceptors (Lipinski definition) is 5. The van der Waals surface area contributed by atoms with Crippen molar-refractivity contribution in [2.75, 3.05) is 24.2 Å². The fourth-order valence-corrected chi connectivity index (χ4v) is 2.48. The standard InChI is InChI=1S/C16H19N3O2S.ClH/c17-8-10-21-15-6-4-13(5-7-15)19-16(20)12-22-11-14-3-1-2-9-18-14;/h1-7,9H,8,10-12,17H2,(H,19,20);1H. The van der Waals surface area contributed by atoms with Crippen LogP contribution in [0.2, 0.25) is 0 Å². The molecule has 0 aliphatic carbocycles. The summed E-state index contributed by atoms with van der Waals surface area (Å²) in [5.41, 5.74) is 7.10. The lowest BCUT2D eigenvalue weighted by molar-refractivity contribution is -0.113. The van der Waals surface area contributed by atoms with Gasteiger partial charge in [0.1, 0.15) is 12.4 Å². The van der Waals surface area contributed by atoms with Crippen LogP contribution in [0.3, 0.4) is 0 Å². The molecule has 0 spiro atoms. The highest BCUT2D eigenvalue weighted by Gasteiger charge is 2.04. The van der Waals surface area contributed by atoms with Crippen molar-refractivity contribution in [3.05, 3.63) is 54.4 Å². The van der Waals surface area contributed by atoms with E-state index in [0.29, 0.717) is 18.9 Å². The lowest BCUT2D eigenvalue weighted by Gasteiger charge is -2.07. The largest absolute Gasteiger partial charge is 0.492 e. The second-order valence-electron chi connectivity index (χ2n) is 4.52. The number of amides is 1. The second-order valence-corrected chi connectivity index (χ2v) is 5.51. The van der Waals surface area contributed by atoms with Gasteiger partial charge in [0.15, 0.2) is 0 Å². The Morgan fingerprint density at radius 3 is 2.65 bits per heavy atom. The average Bonchev–Trinajstić information content (AvgIpc) is 2.55. The molecule has 0 fully saturated rings. The summed E-state index contributed by atoms with van der Waals surface area (Å²) in [7, 11) is 0. The molecule has 5 nitrogen and oxygen atoms in total. The smallest absolute Gasteiger partial charge is 0.234 e. The molecular formula is C16H20ClN3O2S. The van der Waals surface area contributed by atoms with Gasteiger partial charge < -0.3 is 15.8 Å². The van der Waals surface area contributed by atoms with Crippen molar-refractivity contribution < 1.29 is 9.53 Å². The molecule has 2 rings (SSSR count). The maximum absolute atomic E-state index is 11.9. The Kier molecular flexibility index (Phi) is 9.12. The Balaban J connectivity index is 0.00000264. The third-order valence-corrected chi connectivity index (χ3v) is 3.70. The zero-order valence-electron chi connectivity index (χ0n) is 12.6. The zero-order chi connectivity index (χ0) is 15.6. The van der Waals surface area contributed by atoms with Crippen LogP contribution in [0.5, 0.6) is 5.75 Å². The minimum absolute atomic E-state index is 0. The van der Waals surface area contributed by atoms with Crippen molar-refractivity contribution in [1.29, 1.82) is 0 Å². The van der Waals surface area contributed by atoms with Crippen LogP contribution in [0, 0.1) is 0 Å². The van der Waals surface area contributed by atoms with Crippen molar-refractivity contribution >= 4 is 35.8 Å².